The Kier molecular flexibility index (Phi) is 5.38. The molecular weight excluding hydrogens is 392 g/mol. The molecule has 152 valence electrons. The van der Waals surface area contributed by atoms with Gasteiger partial charge in [-0.05, 0) is 47.5 Å². The molecule has 2 N–H and O–H groups in total. The minimum absolute atomic E-state index is 0.0412. The maximum atomic E-state index is 14.5. The van der Waals surface area contributed by atoms with Crippen molar-refractivity contribution in [2.24, 2.45) is 0 Å². The Morgan fingerprint density at radius 1 is 1.20 bits per heavy atom. The standard InChI is InChI=1S/C22H17F2N3O3/c23-12-30-16-7-5-13(6-8-16)20(21-17(24)2-1-9-25-21)27-22(29)15-4-3-14-11-19(28)26-18(14)10-15/h1-10,20H,11-12H2,(H,26,28)(H,27,29)/t20-/m0/s1. The van der Waals surface area contributed by atoms with Crippen molar-refractivity contribution in [2.75, 3.05) is 12.2 Å². The van der Waals surface area contributed by atoms with Crippen molar-refractivity contribution in [2.45, 2.75) is 12.5 Å². The highest BCUT2D eigenvalue weighted by molar-refractivity contribution is 6.02. The van der Waals surface area contributed by atoms with Crippen LogP contribution in [0.2, 0.25) is 0 Å². The fourth-order valence-electron chi connectivity index (χ4n) is 3.31. The highest BCUT2D eigenvalue weighted by Crippen LogP contribution is 2.27. The number of ether oxygens (including phenoxy) is 1. The molecule has 8 heteroatoms. The van der Waals surface area contributed by atoms with E-state index in [4.69, 9.17) is 4.74 Å². The van der Waals surface area contributed by atoms with Gasteiger partial charge in [-0.2, -0.15) is 0 Å². The van der Waals surface area contributed by atoms with Crippen molar-refractivity contribution in [1.82, 2.24) is 10.3 Å². The lowest BCUT2D eigenvalue weighted by atomic mass is 10.0. The molecule has 0 aliphatic carbocycles. The van der Waals surface area contributed by atoms with E-state index >= 15 is 0 Å². The Hall–Kier alpha value is -3.81. The molecule has 2 heterocycles. The summed E-state index contributed by atoms with van der Waals surface area (Å²) < 4.78 is 31.6. The molecule has 0 spiro atoms. The van der Waals surface area contributed by atoms with Crippen molar-refractivity contribution in [3.05, 3.63) is 89.0 Å². The zero-order valence-electron chi connectivity index (χ0n) is 15.7. The Morgan fingerprint density at radius 2 is 2.00 bits per heavy atom. The maximum absolute atomic E-state index is 14.5. The molecule has 1 aromatic heterocycles. The Morgan fingerprint density at radius 3 is 2.73 bits per heavy atom. The summed E-state index contributed by atoms with van der Waals surface area (Å²) in [6, 6.07) is 13.0. The molecule has 2 amide bonds. The number of benzene rings is 2. The van der Waals surface area contributed by atoms with E-state index in [-0.39, 0.29) is 18.0 Å². The lowest BCUT2D eigenvalue weighted by Gasteiger charge is -2.20. The fourth-order valence-corrected chi connectivity index (χ4v) is 3.31. The first-order valence-electron chi connectivity index (χ1n) is 9.18. The summed E-state index contributed by atoms with van der Waals surface area (Å²) in [5.74, 6) is -0.861. The average Bonchev–Trinajstić information content (AvgIpc) is 3.12. The number of nitrogens with zero attached hydrogens (tertiary/aromatic N) is 1. The van der Waals surface area contributed by atoms with Crippen LogP contribution in [0.1, 0.15) is 33.2 Å². The van der Waals surface area contributed by atoms with E-state index in [1.165, 1.54) is 30.5 Å². The van der Waals surface area contributed by atoms with E-state index < -0.39 is 24.6 Å². The first-order valence-corrected chi connectivity index (χ1v) is 9.18. The van der Waals surface area contributed by atoms with Crippen molar-refractivity contribution >= 4 is 17.5 Å². The third-order valence-corrected chi connectivity index (χ3v) is 4.77. The van der Waals surface area contributed by atoms with E-state index in [1.54, 1.807) is 30.3 Å². The quantitative estimate of drug-likeness (QED) is 0.653. The predicted molar refractivity (Wildman–Crippen MR) is 105 cm³/mol. The van der Waals surface area contributed by atoms with Crippen molar-refractivity contribution < 1.29 is 23.1 Å². The van der Waals surface area contributed by atoms with Gasteiger partial charge in [-0.15, -0.1) is 0 Å². The van der Waals surface area contributed by atoms with E-state index in [2.05, 4.69) is 15.6 Å². The molecule has 6 nitrogen and oxygen atoms in total. The van der Waals surface area contributed by atoms with Crippen LogP contribution in [0, 0.1) is 5.82 Å². The molecule has 0 saturated carbocycles. The number of fused-ring (bicyclic) bond motifs is 1. The summed E-state index contributed by atoms with van der Waals surface area (Å²) in [6.07, 6.45) is 1.70. The fraction of sp³-hybridized carbons (Fsp3) is 0.136. The van der Waals surface area contributed by atoms with Gasteiger partial charge >= 0.3 is 0 Å². The summed E-state index contributed by atoms with van der Waals surface area (Å²) in [7, 11) is 0. The second kappa shape index (κ2) is 8.28. The van der Waals surface area contributed by atoms with Crippen molar-refractivity contribution in [1.29, 1.82) is 0 Å². The smallest absolute Gasteiger partial charge is 0.252 e. The molecule has 1 atom stereocenters. The third-order valence-electron chi connectivity index (χ3n) is 4.77. The zero-order valence-corrected chi connectivity index (χ0v) is 15.7. The van der Waals surface area contributed by atoms with Crippen LogP contribution in [0.25, 0.3) is 0 Å². The number of carbonyl (C=O) groups excluding carboxylic acids is 2. The number of anilines is 1. The number of carbonyl (C=O) groups is 2. The third kappa shape index (κ3) is 3.98. The van der Waals surface area contributed by atoms with Gasteiger partial charge in [0.05, 0.1) is 12.5 Å². The van der Waals surface area contributed by atoms with Crippen LogP contribution in [0.5, 0.6) is 5.75 Å². The van der Waals surface area contributed by atoms with Gasteiger partial charge in [-0.1, -0.05) is 18.2 Å². The van der Waals surface area contributed by atoms with Crippen molar-refractivity contribution in [3.8, 4) is 5.75 Å². The highest BCUT2D eigenvalue weighted by atomic mass is 19.1. The number of alkyl halides is 1. The molecule has 0 saturated heterocycles. The molecular formula is C22H17F2N3O3. The van der Waals surface area contributed by atoms with Crippen LogP contribution < -0.4 is 15.4 Å². The molecule has 30 heavy (non-hydrogen) atoms. The molecule has 1 aliphatic heterocycles. The topological polar surface area (TPSA) is 80.3 Å². The summed E-state index contributed by atoms with van der Waals surface area (Å²) in [5.41, 5.74) is 2.30. The SMILES string of the molecule is O=C1Cc2ccc(C(=O)N[C@@H](c3ccc(OCF)cc3)c3ncccc3F)cc2N1. The number of pyridine rings is 1. The Bertz CT molecular complexity index is 1100. The molecule has 1 aliphatic rings. The number of amides is 2. The number of rotatable bonds is 6. The van der Waals surface area contributed by atoms with Crippen LogP contribution in [-0.2, 0) is 11.2 Å². The summed E-state index contributed by atoms with van der Waals surface area (Å²) in [6.45, 7) is -0.969. The van der Waals surface area contributed by atoms with E-state index in [1.807, 2.05) is 0 Å². The Labute approximate surface area is 170 Å². The van der Waals surface area contributed by atoms with E-state index in [9.17, 15) is 18.4 Å². The van der Waals surface area contributed by atoms with Gasteiger partial charge in [0.2, 0.25) is 12.8 Å². The molecule has 0 bridgehead atoms. The van der Waals surface area contributed by atoms with Gasteiger partial charge in [-0.3, -0.25) is 14.6 Å². The normalized spacial score (nSPS) is 13.3. The highest BCUT2D eigenvalue weighted by Gasteiger charge is 2.24. The molecule has 4 rings (SSSR count). The minimum atomic E-state index is -0.969. The van der Waals surface area contributed by atoms with Gasteiger partial charge in [0.25, 0.3) is 5.91 Å². The number of hydrogen-bond donors (Lipinski definition) is 2. The second-order valence-electron chi connectivity index (χ2n) is 6.70. The van der Waals surface area contributed by atoms with Crippen LogP contribution in [-0.4, -0.2) is 23.7 Å². The first-order chi connectivity index (χ1) is 14.5. The maximum Gasteiger partial charge on any atom is 0.252 e. The largest absolute Gasteiger partial charge is 0.463 e. The average molecular weight is 409 g/mol. The lowest BCUT2D eigenvalue weighted by molar-refractivity contribution is -0.115. The minimum Gasteiger partial charge on any atom is -0.463 e. The molecule has 0 fully saturated rings. The van der Waals surface area contributed by atoms with Gasteiger partial charge < -0.3 is 15.4 Å². The monoisotopic (exact) mass is 409 g/mol. The summed E-state index contributed by atoms with van der Waals surface area (Å²) >= 11 is 0. The Balaban J connectivity index is 1.65. The molecule has 0 unspecified atom stereocenters. The van der Waals surface area contributed by atoms with Gasteiger partial charge in [0.15, 0.2) is 0 Å². The zero-order chi connectivity index (χ0) is 21.1. The van der Waals surface area contributed by atoms with Gasteiger partial charge in [0, 0.05) is 17.4 Å². The second-order valence-corrected chi connectivity index (χ2v) is 6.70. The van der Waals surface area contributed by atoms with Crippen LogP contribution in [0.3, 0.4) is 0 Å². The number of hydrogen-bond acceptors (Lipinski definition) is 4. The lowest BCUT2D eigenvalue weighted by Crippen LogP contribution is -2.30. The van der Waals surface area contributed by atoms with Gasteiger partial charge in [-0.25, -0.2) is 8.78 Å². The predicted octanol–water partition coefficient (Wildman–Crippen LogP) is 3.54. The van der Waals surface area contributed by atoms with E-state index in [0.29, 0.717) is 22.6 Å². The van der Waals surface area contributed by atoms with E-state index in [0.717, 1.165) is 5.56 Å². The number of nitrogens with one attached hydrogen (secondary N) is 2. The summed E-state index contributed by atoms with van der Waals surface area (Å²) in [5, 5.41) is 5.49. The molecule has 3 aromatic rings. The molecule has 0 radical (unpaired) electrons. The molecule has 2 aromatic carbocycles. The van der Waals surface area contributed by atoms with Crippen molar-refractivity contribution in [3.63, 3.8) is 0 Å². The van der Waals surface area contributed by atoms with Crippen LogP contribution in [0.4, 0.5) is 14.5 Å². The number of aromatic nitrogens is 1. The summed E-state index contributed by atoms with van der Waals surface area (Å²) in [4.78, 5) is 28.6. The number of halogens is 2. The van der Waals surface area contributed by atoms with Crippen LogP contribution >= 0.6 is 0 Å². The van der Waals surface area contributed by atoms with Crippen LogP contribution in [0.15, 0.2) is 60.8 Å². The van der Waals surface area contributed by atoms with Gasteiger partial charge in [0.1, 0.15) is 17.3 Å². The first kappa shape index (κ1) is 19.5.